The number of nitriles is 2. The Kier molecular flexibility index (Phi) is 4.22. The fourth-order valence-corrected chi connectivity index (χ4v) is 3.08. The average molecular weight is 297 g/mol. The van der Waals surface area contributed by atoms with E-state index < -0.39 is 10.0 Å². The largest absolute Gasteiger partial charge is 0.282 e. The Morgan fingerprint density at radius 3 is 2.14 bits per heavy atom. The molecule has 0 saturated carbocycles. The summed E-state index contributed by atoms with van der Waals surface area (Å²) in [5.41, 5.74) is 1.21. The molecule has 0 bridgehead atoms. The van der Waals surface area contributed by atoms with Crippen LogP contribution in [0.15, 0.2) is 48.5 Å². The van der Waals surface area contributed by atoms with Gasteiger partial charge in [0.05, 0.1) is 28.6 Å². The van der Waals surface area contributed by atoms with Gasteiger partial charge in [0.25, 0.3) is 0 Å². The lowest BCUT2D eigenvalue weighted by atomic mass is 10.1. The Hall–Kier alpha value is -2.83. The van der Waals surface area contributed by atoms with Crippen LogP contribution in [0.2, 0.25) is 0 Å². The molecule has 1 N–H and O–H groups in total. The molecule has 0 aliphatic rings. The zero-order valence-electron chi connectivity index (χ0n) is 10.9. The zero-order valence-corrected chi connectivity index (χ0v) is 11.8. The van der Waals surface area contributed by atoms with Crippen molar-refractivity contribution >= 4 is 15.7 Å². The summed E-state index contributed by atoms with van der Waals surface area (Å²) in [5, 5.41) is 17.9. The van der Waals surface area contributed by atoms with Crippen LogP contribution in [0.1, 0.15) is 16.7 Å². The van der Waals surface area contributed by atoms with Crippen molar-refractivity contribution in [3.63, 3.8) is 0 Å². The highest BCUT2D eigenvalue weighted by Gasteiger charge is 2.15. The van der Waals surface area contributed by atoms with E-state index in [4.69, 9.17) is 10.5 Å². The van der Waals surface area contributed by atoms with E-state index in [1.165, 1.54) is 12.1 Å². The van der Waals surface area contributed by atoms with Crippen molar-refractivity contribution in [2.45, 2.75) is 5.75 Å². The molecule has 0 amide bonds. The molecule has 0 heterocycles. The van der Waals surface area contributed by atoms with Gasteiger partial charge in [0.1, 0.15) is 6.07 Å². The minimum Gasteiger partial charge on any atom is -0.282 e. The van der Waals surface area contributed by atoms with Crippen molar-refractivity contribution in [3.8, 4) is 12.1 Å². The van der Waals surface area contributed by atoms with Gasteiger partial charge >= 0.3 is 0 Å². The van der Waals surface area contributed by atoms with E-state index in [0.717, 1.165) is 0 Å². The number of para-hydroxylation sites is 1. The van der Waals surface area contributed by atoms with E-state index >= 15 is 0 Å². The first-order valence-electron chi connectivity index (χ1n) is 6.03. The number of hydrogen-bond donors (Lipinski definition) is 1. The van der Waals surface area contributed by atoms with E-state index in [2.05, 4.69) is 4.72 Å². The molecule has 0 aromatic heterocycles. The monoisotopic (exact) mass is 297 g/mol. The summed E-state index contributed by atoms with van der Waals surface area (Å²) in [6.07, 6.45) is 0. The second kappa shape index (κ2) is 6.08. The maximum Gasteiger partial charge on any atom is 0.237 e. The van der Waals surface area contributed by atoms with Crippen LogP contribution in [-0.2, 0) is 15.8 Å². The van der Waals surface area contributed by atoms with Crippen LogP contribution >= 0.6 is 0 Å². The number of nitrogens with zero attached hydrogens (tertiary/aromatic N) is 2. The second-order valence-corrected chi connectivity index (χ2v) is 6.01. The van der Waals surface area contributed by atoms with Crippen LogP contribution < -0.4 is 4.72 Å². The summed E-state index contributed by atoms with van der Waals surface area (Å²) >= 11 is 0. The number of anilines is 1. The van der Waals surface area contributed by atoms with Gasteiger partial charge in [0.15, 0.2) is 0 Å². The molecular weight excluding hydrogens is 286 g/mol. The number of sulfonamides is 1. The van der Waals surface area contributed by atoms with Gasteiger partial charge < -0.3 is 0 Å². The van der Waals surface area contributed by atoms with Crippen molar-refractivity contribution in [2.75, 3.05) is 4.72 Å². The van der Waals surface area contributed by atoms with Gasteiger partial charge in [-0.15, -0.1) is 0 Å². The summed E-state index contributed by atoms with van der Waals surface area (Å²) in [6.45, 7) is 0. The topological polar surface area (TPSA) is 93.8 Å². The third kappa shape index (κ3) is 3.59. The highest BCUT2D eigenvalue weighted by molar-refractivity contribution is 7.91. The summed E-state index contributed by atoms with van der Waals surface area (Å²) < 4.78 is 26.7. The average Bonchev–Trinajstić information content (AvgIpc) is 2.47. The molecule has 2 rings (SSSR count). The van der Waals surface area contributed by atoms with Crippen LogP contribution in [0, 0.1) is 22.7 Å². The Balaban J connectivity index is 2.28. The maximum atomic E-state index is 12.2. The minimum absolute atomic E-state index is 0.231. The highest BCUT2D eigenvalue weighted by atomic mass is 32.2. The summed E-state index contributed by atoms with van der Waals surface area (Å²) in [6, 6.07) is 16.7. The first-order chi connectivity index (χ1) is 10.1. The van der Waals surface area contributed by atoms with E-state index in [-0.39, 0.29) is 17.0 Å². The summed E-state index contributed by atoms with van der Waals surface area (Å²) in [5.74, 6) is -0.323. The highest BCUT2D eigenvalue weighted by Crippen LogP contribution is 2.18. The summed E-state index contributed by atoms with van der Waals surface area (Å²) in [4.78, 5) is 0. The van der Waals surface area contributed by atoms with Crippen molar-refractivity contribution in [2.24, 2.45) is 0 Å². The normalized spacial score (nSPS) is 10.4. The fourth-order valence-electron chi connectivity index (χ4n) is 1.83. The van der Waals surface area contributed by atoms with Gasteiger partial charge in [0.2, 0.25) is 10.0 Å². The van der Waals surface area contributed by atoms with E-state index in [0.29, 0.717) is 11.1 Å². The lowest BCUT2D eigenvalue weighted by Crippen LogP contribution is -2.16. The molecule has 0 spiro atoms. The van der Waals surface area contributed by atoms with Gasteiger partial charge in [-0.2, -0.15) is 10.5 Å². The Labute approximate surface area is 123 Å². The number of rotatable bonds is 4. The first kappa shape index (κ1) is 14.6. The third-order valence-corrected chi connectivity index (χ3v) is 4.02. The lowest BCUT2D eigenvalue weighted by molar-refractivity contribution is 0.600. The molecule has 21 heavy (non-hydrogen) atoms. The smallest absolute Gasteiger partial charge is 0.237 e. The SMILES string of the molecule is N#Cc1ccccc1CS(=O)(=O)Nc1ccccc1C#N. The molecule has 104 valence electrons. The van der Waals surface area contributed by atoms with Crippen molar-refractivity contribution in [3.05, 3.63) is 65.2 Å². The van der Waals surface area contributed by atoms with Crippen molar-refractivity contribution in [1.29, 1.82) is 10.5 Å². The zero-order chi connectivity index (χ0) is 15.3. The van der Waals surface area contributed by atoms with Crippen LogP contribution in [0.3, 0.4) is 0 Å². The standard InChI is InChI=1S/C15H11N3O2S/c16-9-12-5-1-2-7-14(12)11-21(19,20)18-15-8-4-3-6-13(15)10-17/h1-8,18H,11H2. The molecule has 0 aliphatic heterocycles. The summed E-state index contributed by atoms with van der Waals surface area (Å²) in [7, 11) is -3.71. The van der Waals surface area contributed by atoms with E-state index in [1.807, 2.05) is 12.1 Å². The molecule has 0 fully saturated rings. The van der Waals surface area contributed by atoms with Crippen LogP contribution in [0.5, 0.6) is 0 Å². The van der Waals surface area contributed by atoms with Gasteiger partial charge in [-0.05, 0) is 23.8 Å². The molecule has 0 atom stereocenters. The van der Waals surface area contributed by atoms with Gasteiger partial charge in [0, 0.05) is 0 Å². The van der Waals surface area contributed by atoms with Crippen molar-refractivity contribution in [1.82, 2.24) is 0 Å². The molecule has 0 aliphatic carbocycles. The number of hydrogen-bond acceptors (Lipinski definition) is 4. The number of benzene rings is 2. The fraction of sp³-hybridized carbons (Fsp3) is 0.0667. The molecule has 2 aromatic carbocycles. The van der Waals surface area contributed by atoms with E-state index in [9.17, 15) is 8.42 Å². The van der Waals surface area contributed by atoms with Crippen molar-refractivity contribution < 1.29 is 8.42 Å². The lowest BCUT2D eigenvalue weighted by Gasteiger charge is -2.10. The van der Waals surface area contributed by atoms with Gasteiger partial charge in [-0.25, -0.2) is 8.42 Å². The quantitative estimate of drug-likeness (QED) is 0.937. The molecular formula is C15H11N3O2S. The second-order valence-electron chi connectivity index (χ2n) is 4.29. The molecule has 0 saturated heterocycles. The molecule has 0 unspecified atom stereocenters. The van der Waals surface area contributed by atoms with E-state index in [1.54, 1.807) is 36.4 Å². The Bertz CT molecular complexity index is 780. The number of nitrogens with one attached hydrogen (secondary N) is 1. The molecule has 6 heteroatoms. The van der Waals surface area contributed by atoms with Crippen LogP contribution in [0.4, 0.5) is 5.69 Å². The third-order valence-electron chi connectivity index (χ3n) is 2.80. The molecule has 5 nitrogen and oxygen atoms in total. The molecule has 2 aromatic rings. The minimum atomic E-state index is -3.71. The predicted molar refractivity (Wildman–Crippen MR) is 78.6 cm³/mol. The van der Waals surface area contributed by atoms with Gasteiger partial charge in [-0.1, -0.05) is 30.3 Å². The molecule has 0 radical (unpaired) electrons. The Morgan fingerprint density at radius 2 is 1.48 bits per heavy atom. The predicted octanol–water partition coefficient (Wildman–Crippen LogP) is 2.37. The van der Waals surface area contributed by atoms with Gasteiger partial charge in [-0.3, -0.25) is 4.72 Å². The Morgan fingerprint density at radius 1 is 0.905 bits per heavy atom. The van der Waals surface area contributed by atoms with Crippen LogP contribution in [0.25, 0.3) is 0 Å². The van der Waals surface area contributed by atoms with Crippen LogP contribution in [-0.4, -0.2) is 8.42 Å². The first-order valence-corrected chi connectivity index (χ1v) is 7.68. The maximum absolute atomic E-state index is 12.2.